The van der Waals surface area contributed by atoms with Crippen LogP contribution in [0.5, 0.6) is 0 Å². The van der Waals surface area contributed by atoms with Crippen LogP contribution >= 0.6 is 0 Å². The monoisotopic (exact) mass is 436 g/mol. The van der Waals surface area contributed by atoms with E-state index < -0.39 is 0 Å². The first kappa shape index (κ1) is 27.2. The molecule has 0 saturated heterocycles. The van der Waals surface area contributed by atoms with Crippen molar-refractivity contribution >= 4 is 0 Å². The van der Waals surface area contributed by atoms with Gasteiger partial charge in [-0.1, -0.05) is 54.4 Å². The number of aliphatic hydroxyl groups excluding tert-OH is 2. The van der Waals surface area contributed by atoms with E-state index in [4.69, 9.17) is 0 Å². The Kier molecular flexibility index (Phi) is 10.4. The molecule has 0 aliphatic heterocycles. The fourth-order valence-electron chi connectivity index (χ4n) is 8.65. The highest BCUT2D eigenvalue weighted by Gasteiger charge is 2.59. The summed E-state index contributed by atoms with van der Waals surface area (Å²) in [5.74, 6) is 4.56. The van der Waals surface area contributed by atoms with Gasteiger partial charge in [-0.2, -0.15) is 0 Å². The second-order valence-corrected chi connectivity index (χ2v) is 11.5. The molecule has 0 bridgehead atoms. The minimum Gasteiger partial charge on any atom is -0.393 e. The van der Waals surface area contributed by atoms with Crippen molar-refractivity contribution < 1.29 is 10.2 Å². The molecule has 9 atom stereocenters. The Bertz CT molecular complexity index is 517. The van der Waals surface area contributed by atoms with Gasteiger partial charge in [0, 0.05) is 0 Å². The first-order chi connectivity index (χ1) is 14.8. The molecule has 4 fully saturated rings. The van der Waals surface area contributed by atoms with E-state index in [0.717, 1.165) is 48.9 Å². The van der Waals surface area contributed by atoms with Crippen LogP contribution in [0.2, 0.25) is 0 Å². The van der Waals surface area contributed by atoms with Crippen LogP contribution in [0.4, 0.5) is 0 Å². The molecule has 0 aromatic rings. The Balaban J connectivity index is 0.000000807. The molecule has 0 aromatic carbocycles. The van der Waals surface area contributed by atoms with E-state index >= 15 is 0 Å². The second-order valence-electron chi connectivity index (χ2n) is 11.5. The second kappa shape index (κ2) is 11.9. The van der Waals surface area contributed by atoms with Crippen LogP contribution in [0.1, 0.15) is 132 Å². The molecule has 7 unspecified atom stereocenters. The first-order valence-corrected chi connectivity index (χ1v) is 14.2. The molecule has 0 aromatic heterocycles. The summed E-state index contributed by atoms with van der Waals surface area (Å²) in [7, 11) is 0. The van der Waals surface area contributed by atoms with Gasteiger partial charge in [0.05, 0.1) is 12.2 Å². The highest BCUT2D eigenvalue weighted by Crippen LogP contribution is 2.67. The van der Waals surface area contributed by atoms with Crippen LogP contribution in [0.15, 0.2) is 0 Å². The summed E-state index contributed by atoms with van der Waals surface area (Å²) in [6, 6.07) is 0. The van der Waals surface area contributed by atoms with Crippen LogP contribution < -0.4 is 0 Å². The lowest BCUT2D eigenvalue weighted by Gasteiger charge is -2.61. The van der Waals surface area contributed by atoms with E-state index in [2.05, 4.69) is 13.8 Å². The van der Waals surface area contributed by atoms with Crippen molar-refractivity contribution in [1.29, 1.82) is 0 Å². The zero-order valence-corrected chi connectivity index (χ0v) is 22.1. The largest absolute Gasteiger partial charge is 0.393 e. The van der Waals surface area contributed by atoms with Gasteiger partial charge < -0.3 is 10.2 Å². The van der Waals surface area contributed by atoms with Crippen LogP contribution in [-0.2, 0) is 0 Å². The van der Waals surface area contributed by atoms with E-state index in [9.17, 15) is 10.2 Å². The van der Waals surface area contributed by atoms with Gasteiger partial charge in [-0.25, -0.2) is 0 Å². The molecule has 4 saturated carbocycles. The lowest BCUT2D eigenvalue weighted by Crippen LogP contribution is -2.53. The average molecular weight is 437 g/mol. The van der Waals surface area contributed by atoms with Gasteiger partial charge in [-0.05, 0) is 118 Å². The Morgan fingerprint density at radius 3 is 2.13 bits per heavy atom. The summed E-state index contributed by atoms with van der Waals surface area (Å²) in [5.41, 5.74) is 1.10. The quantitative estimate of drug-likeness (QED) is 0.428. The average Bonchev–Trinajstić information content (AvgIpc) is 3.11. The number of aliphatic hydroxyl groups is 2. The maximum Gasteiger partial charge on any atom is 0.0543 e. The molecule has 4 aliphatic carbocycles. The molecular weight excluding hydrogens is 380 g/mol. The zero-order valence-electron chi connectivity index (χ0n) is 22.1. The van der Waals surface area contributed by atoms with Gasteiger partial charge in [-0.3, -0.25) is 0 Å². The van der Waals surface area contributed by atoms with Crippen molar-refractivity contribution in [3.05, 3.63) is 0 Å². The van der Waals surface area contributed by atoms with E-state index in [1.54, 1.807) is 0 Å². The van der Waals surface area contributed by atoms with Crippen molar-refractivity contribution in [2.24, 2.45) is 40.4 Å². The molecule has 0 spiro atoms. The van der Waals surface area contributed by atoms with E-state index in [1.165, 1.54) is 64.2 Å². The highest BCUT2D eigenvalue weighted by molar-refractivity contribution is 5.09. The van der Waals surface area contributed by atoms with E-state index in [-0.39, 0.29) is 12.2 Å². The third-order valence-electron chi connectivity index (χ3n) is 10.3. The molecule has 2 heteroatoms. The Hall–Kier alpha value is -0.0800. The minimum absolute atomic E-state index is 0.0222. The molecule has 2 N–H and O–H groups in total. The Morgan fingerprint density at radius 2 is 1.45 bits per heavy atom. The molecular formula is C29H56O2. The summed E-state index contributed by atoms with van der Waals surface area (Å²) in [6.07, 6.45) is 16.8. The first-order valence-electron chi connectivity index (χ1n) is 14.2. The van der Waals surface area contributed by atoms with Gasteiger partial charge in [0.2, 0.25) is 0 Å². The lowest BCUT2D eigenvalue weighted by molar-refractivity contribution is -0.127. The summed E-state index contributed by atoms with van der Waals surface area (Å²) in [5, 5.41) is 19.7. The third kappa shape index (κ3) is 5.53. The maximum absolute atomic E-state index is 10.2. The molecule has 31 heavy (non-hydrogen) atoms. The van der Waals surface area contributed by atoms with Gasteiger partial charge >= 0.3 is 0 Å². The smallest absolute Gasteiger partial charge is 0.0543 e. The van der Waals surface area contributed by atoms with Crippen molar-refractivity contribution in [1.82, 2.24) is 0 Å². The van der Waals surface area contributed by atoms with Crippen molar-refractivity contribution in [3.63, 3.8) is 0 Å². The number of hydrogen-bond donors (Lipinski definition) is 2. The topological polar surface area (TPSA) is 40.5 Å². The fraction of sp³-hybridized carbons (Fsp3) is 1.00. The summed E-state index contributed by atoms with van der Waals surface area (Å²) < 4.78 is 0. The Morgan fingerprint density at radius 1 is 0.806 bits per heavy atom. The highest BCUT2D eigenvalue weighted by atomic mass is 16.3. The molecule has 0 heterocycles. The van der Waals surface area contributed by atoms with E-state index in [0.29, 0.717) is 10.8 Å². The molecule has 4 aliphatic rings. The van der Waals surface area contributed by atoms with Gasteiger partial charge in [0.15, 0.2) is 0 Å². The van der Waals surface area contributed by atoms with Crippen LogP contribution in [0, 0.1) is 40.4 Å². The van der Waals surface area contributed by atoms with Gasteiger partial charge in [-0.15, -0.1) is 0 Å². The van der Waals surface area contributed by atoms with Gasteiger partial charge in [0.25, 0.3) is 0 Å². The van der Waals surface area contributed by atoms with Crippen LogP contribution in [0.25, 0.3) is 0 Å². The number of fused-ring (bicyclic) bond motifs is 5. The van der Waals surface area contributed by atoms with Crippen molar-refractivity contribution in [2.45, 2.75) is 144 Å². The fourth-order valence-corrected chi connectivity index (χ4v) is 8.65. The predicted molar refractivity (Wildman–Crippen MR) is 134 cm³/mol. The minimum atomic E-state index is -0.128. The molecule has 0 amide bonds. The maximum atomic E-state index is 10.2. The number of hydrogen-bond acceptors (Lipinski definition) is 2. The normalized spacial score (nSPS) is 44.4. The molecule has 4 rings (SSSR count). The standard InChI is InChI=1S/C25H44O2.2C2H6/c1-17(26)6-4-5-7-18-9-11-22-21-10-8-19-16-20(27)12-14-25(19,3)23(21)13-15-24(18,22)2;2*1-2/h17-23,26-27H,4-16H2,1-3H3;2*1-2H3/t17?,18-,19?,20?,21?,22?,23?,24?,25-;;/m0../s1. The summed E-state index contributed by atoms with van der Waals surface area (Å²) in [4.78, 5) is 0. The van der Waals surface area contributed by atoms with Crippen LogP contribution in [0.3, 0.4) is 0 Å². The molecule has 184 valence electrons. The summed E-state index contributed by atoms with van der Waals surface area (Å²) in [6.45, 7) is 15.2. The number of rotatable bonds is 5. The number of unbranched alkanes of at least 4 members (excludes halogenated alkanes) is 1. The van der Waals surface area contributed by atoms with Crippen LogP contribution in [-0.4, -0.2) is 22.4 Å². The molecule has 2 nitrogen and oxygen atoms in total. The van der Waals surface area contributed by atoms with Gasteiger partial charge in [0.1, 0.15) is 0 Å². The predicted octanol–water partition coefficient (Wildman–Crippen LogP) is 8.00. The SMILES string of the molecule is CC.CC.CC(O)CCCC[C@H]1CCC2C3CCC4CC(O)CC[C@]4(C)C3CCC21C. The third-order valence-corrected chi connectivity index (χ3v) is 10.3. The zero-order chi connectivity index (χ0) is 23.2. The lowest BCUT2D eigenvalue weighted by atomic mass is 9.44. The van der Waals surface area contributed by atoms with Crippen molar-refractivity contribution in [3.8, 4) is 0 Å². The van der Waals surface area contributed by atoms with E-state index in [1.807, 2.05) is 34.6 Å². The Labute approximate surface area is 195 Å². The summed E-state index contributed by atoms with van der Waals surface area (Å²) >= 11 is 0. The van der Waals surface area contributed by atoms with Crippen molar-refractivity contribution in [2.75, 3.05) is 0 Å². The molecule has 0 radical (unpaired) electrons.